The Balaban J connectivity index is 2.37. The molecule has 0 aliphatic heterocycles. The first-order valence-electron chi connectivity index (χ1n) is 5.35. The monoisotopic (exact) mass is 198 g/mol. The van der Waals surface area contributed by atoms with Crippen LogP contribution in [0.3, 0.4) is 0 Å². The largest absolute Gasteiger partial charge is 0.289 e. The highest BCUT2D eigenvalue weighted by molar-refractivity contribution is 6.15. The van der Waals surface area contributed by atoms with E-state index in [0.29, 0.717) is 0 Å². The summed E-state index contributed by atoms with van der Waals surface area (Å²) in [6, 6.07) is 7.73. The number of rotatable bonds is 2. The predicted octanol–water partition coefficient (Wildman–Crippen LogP) is 3.62. The van der Waals surface area contributed by atoms with Crippen molar-refractivity contribution in [2.75, 3.05) is 0 Å². The normalized spacial score (nSPS) is 16.9. The molecule has 76 valence electrons. The van der Waals surface area contributed by atoms with E-state index in [9.17, 15) is 4.79 Å². The van der Waals surface area contributed by atoms with Crippen molar-refractivity contribution in [1.82, 2.24) is 0 Å². The molecule has 2 rings (SSSR count). The standard InChI is InChI=1S/C14H14O/c1-2-3-6-12-10-9-11-7-4-5-8-13(11)14(12)15/h4-10H,2-3H2,1H3/b12-6+. The fourth-order valence-electron chi connectivity index (χ4n) is 1.72. The number of carbonyl (C=O) groups is 1. The maximum atomic E-state index is 12.0. The third-order valence-electron chi connectivity index (χ3n) is 2.56. The number of hydrogen-bond donors (Lipinski definition) is 0. The first-order valence-corrected chi connectivity index (χ1v) is 5.35. The number of unbranched alkanes of at least 4 members (excludes halogenated alkanes) is 1. The number of fused-ring (bicyclic) bond motifs is 1. The van der Waals surface area contributed by atoms with E-state index >= 15 is 0 Å². The third kappa shape index (κ3) is 1.91. The molecule has 0 saturated carbocycles. The van der Waals surface area contributed by atoms with E-state index < -0.39 is 0 Å². The van der Waals surface area contributed by atoms with Crippen LogP contribution < -0.4 is 0 Å². The Morgan fingerprint density at radius 2 is 2.00 bits per heavy atom. The van der Waals surface area contributed by atoms with E-state index in [1.807, 2.05) is 42.5 Å². The molecule has 1 aliphatic rings. The summed E-state index contributed by atoms with van der Waals surface area (Å²) in [5.74, 6) is 0.154. The van der Waals surface area contributed by atoms with Gasteiger partial charge in [-0.3, -0.25) is 4.79 Å². The lowest BCUT2D eigenvalue weighted by atomic mass is 9.92. The summed E-state index contributed by atoms with van der Waals surface area (Å²) in [6.07, 6.45) is 7.99. The Labute approximate surface area is 90.1 Å². The van der Waals surface area contributed by atoms with Crippen molar-refractivity contribution in [3.8, 4) is 0 Å². The number of allylic oxidation sites excluding steroid dienone is 3. The number of Topliss-reactive ketones (excluding diaryl/α,β-unsaturated/α-hetero) is 1. The van der Waals surface area contributed by atoms with Crippen molar-refractivity contribution in [3.05, 3.63) is 53.1 Å². The molecule has 0 atom stereocenters. The molecule has 15 heavy (non-hydrogen) atoms. The van der Waals surface area contributed by atoms with Gasteiger partial charge >= 0.3 is 0 Å². The molecule has 0 radical (unpaired) electrons. The summed E-state index contributed by atoms with van der Waals surface area (Å²) >= 11 is 0. The number of ketones is 1. The van der Waals surface area contributed by atoms with Crippen molar-refractivity contribution in [2.45, 2.75) is 19.8 Å². The predicted molar refractivity (Wildman–Crippen MR) is 62.8 cm³/mol. The van der Waals surface area contributed by atoms with E-state index in [1.54, 1.807) is 0 Å². The minimum absolute atomic E-state index is 0.154. The molecule has 0 saturated heterocycles. The molecule has 1 aromatic rings. The summed E-state index contributed by atoms with van der Waals surface area (Å²) in [6.45, 7) is 2.11. The minimum atomic E-state index is 0.154. The van der Waals surface area contributed by atoms with E-state index in [0.717, 1.165) is 29.5 Å². The maximum absolute atomic E-state index is 12.0. The topological polar surface area (TPSA) is 17.1 Å². The zero-order valence-electron chi connectivity index (χ0n) is 8.86. The van der Waals surface area contributed by atoms with E-state index in [2.05, 4.69) is 6.92 Å². The van der Waals surface area contributed by atoms with Gasteiger partial charge in [0.05, 0.1) is 0 Å². The average molecular weight is 198 g/mol. The highest BCUT2D eigenvalue weighted by Crippen LogP contribution is 2.22. The zero-order valence-corrected chi connectivity index (χ0v) is 8.86. The fourth-order valence-corrected chi connectivity index (χ4v) is 1.72. The van der Waals surface area contributed by atoms with Crippen LogP contribution in [-0.2, 0) is 0 Å². The summed E-state index contributed by atoms with van der Waals surface area (Å²) in [7, 11) is 0. The second-order valence-electron chi connectivity index (χ2n) is 3.70. The smallest absolute Gasteiger partial charge is 0.193 e. The van der Waals surface area contributed by atoms with Gasteiger partial charge in [0.2, 0.25) is 0 Å². The van der Waals surface area contributed by atoms with Crippen LogP contribution in [0.2, 0.25) is 0 Å². The van der Waals surface area contributed by atoms with Gasteiger partial charge in [-0.2, -0.15) is 0 Å². The summed E-state index contributed by atoms with van der Waals surface area (Å²) in [5, 5.41) is 0. The molecule has 0 bridgehead atoms. The van der Waals surface area contributed by atoms with Crippen LogP contribution in [0.4, 0.5) is 0 Å². The fraction of sp³-hybridized carbons (Fsp3) is 0.214. The quantitative estimate of drug-likeness (QED) is 0.663. The van der Waals surface area contributed by atoms with Gasteiger partial charge in [-0.25, -0.2) is 0 Å². The van der Waals surface area contributed by atoms with Crippen LogP contribution in [0.25, 0.3) is 6.08 Å². The molecule has 0 unspecified atom stereocenters. The van der Waals surface area contributed by atoms with Crippen molar-refractivity contribution in [3.63, 3.8) is 0 Å². The molecule has 0 N–H and O–H groups in total. The molecule has 1 aromatic carbocycles. The SMILES string of the molecule is CCC/C=C1\C=Cc2ccccc2C1=O. The molecular weight excluding hydrogens is 184 g/mol. The van der Waals surface area contributed by atoms with E-state index in [1.165, 1.54) is 0 Å². The van der Waals surface area contributed by atoms with Crippen LogP contribution in [0.1, 0.15) is 35.7 Å². The van der Waals surface area contributed by atoms with Gasteiger partial charge in [0.1, 0.15) is 0 Å². The van der Waals surface area contributed by atoms with Crippen LogP contribution in [0, 0.1) is 0 Å². The van der Waals surface area contributed by atoms with Gasteiger partial charge in [-0.15, -0.1) is 0 Å². The Morgan fingerprint density at radius 1 is 1.20 bits per heavy atom. The Bertz CT molecular complexity index is 438. The number of hydrogen-bond acceptors (Lipinski definition) is 1. The lowest BCUT2D eigenvalue weighted by molar-refractivity contribution is 0.103. The zero-order chi connectivity index (χ0) is 10.7. The second kappa shape index (κ2) is 4.26. The van der Waals surface area contributed by atoms with Crippen LogP contribution in [0.15, 0.2) is 42.0 Å². The molecule has 1 heteroatoms. The van der Waals surface area contributed by atoms with Crippen molar-refractivity contribution < 1.29 is 4.79 Å². The van der Waals surface area contributed by atoms with E-state index in [4.69, 9.17) is 0 Å². The Kier molecular flexibility index (Phi) is 2.82. The molecule has 1 aliphatic carbocycles. The first-order chi connectivity index (χ1) is 7.33. The van der Waals surface area contributed by atoms with Crippen LogP contribution in [-0.4, -0.2) is 5.78 Å². The third-order valence-corrected chi connectivity index (χ3v) is 2.56. The lowest BCUT2D eigenvalue weighted by Crippen LogP contribution is -2.07. The molecule has 0 fully saturated rings. The number of benzene rings is 1. The van der Waals surface area contributed by atoms with Crippen LogP contribution >= 0.6 is 0 Å². The Morgan fingerprint density at radius 3 is 2.80 bits per heavy atom. The first kappa shape index (κ1) is 9.91. The molecule has 0 aromatic heterocycles. The molecule has 0 spiro atoms. The van der Waals surface area contributed by atoms with Crippen molar-refractivity contribution in [2.24, 2.45) is 0 Å². The van der Waals surface area contributed by atoms with E-state index in [-0.39, 0.29) is 5.78 Å². The minimum Gasteiger partial charge on any atom is -0.289 e. The second-order valence-corrected chi connectivity index (χ2v) is 3.70. The highest BCUT2D eigenvalue weighted by atomic mass is 16.1. The van der Waals surface area contributed by atoms with Gasteiger partial charge in [-0.1, -0.05) is 55.8 Å². The summed E-state index contributed by atoms with van der Waals surface area (Å²) < 4.78 is 0. The molecular formula is C14H14O. The highest BCUT2D eigenvalue weighted by Gasteiger charge is 2.16. The van der Waals surface area contributed by atoms with Crippen molar-refractivity contribution in [1.29, 1.82) is 0 Å². The maximum Gasteiger partial charge on any atom is 0.193 e. The van der Waals surface area contributed by atoms with Gasteiger partial charge < -0.3 is 0 Å². The summed E-state index contributed by atoms with van der Waals surface area (Å²) in [4.78, 5) is 12.0. The Hall–Kier alpha value is -1.63. The lowest BCUT2D eigenvalue weighted by Gasteiger charge is -2.11. The molecule has 0 heterocycles. The van der Waals surface area contributed by atoms with Gasteiger partial charge in [0.15, 0.2) is 5.78 Å². The van der Waals surface area contributed by atoms with Gasteiger partial charge in [-0.05, 0) is 12.0 Å². The molecule has 1 nitrogen and oxygen atoms in total. The van der Waals surface area contributed by atoms with Gasteiger partial charge in [0, 0.05) is 11.1 Å². The molecule has 0 amide bonds. The summed E-state index contributed by atoms with van der Waals surface area (Å²) in [5.41, 5.74) is 2.68. The van der Waals surface area contributed by atoms with Crippen LogP contribution in [0.5, 0.6) is 0 Å². The van der Waals surface area contributed by atoms with Crippen molar-refractivity contribution >= 4 is 11.9 Å². The van der Waals surface area contributed by atoms with Gasteiger partial charge in [0.25, 0.3) is 0 Å². The average Bonchev–Trinajstić information content (AvgIpc) is 2.29. The number of carbonyl (C=O) groups excluding carboxylic acids is 1.